The van der Waals surface area contributed by atoms with Crippen LogP contribution in [0.2, 0.25) is 0 Å². The highest BCUT2D eigenvalue weighted by molar-refractivity contribution is 14.0. The summed E-state index contributed by atoms with van der Waals surface area (Å²) in [5, 5.41) is 6.58. The molecule has 1 rings (SSSR count). The van der Waals surface area contributed by atoms with Crippen LogP contribution in [0.5, 0.6) is 0 Å². The Morgan fingerprint density at radius 3 is 2.68 bits per heavy atom. The summed E-state index contributed by atoms with van der Waals surface area (Å²) in [5.41, 5.74) is 1.59. The number of guanidine groups is 1. The third-order valence-electron chi connectivity index (χ3n) is 3.34. The van der Waals surface area contributed by atoms with Gasteiger partial charge >= 0.3 is 0 Å². The molecule has 1 aromatic rings. The molecule has 0 bridgehead atoms. The quantitative estimate of drug-likeness (QED) is 0.291. The van der Waals surface area contributed by atoms with Crippen LogP contribution in [-0.2, 0) is 0 Å². The minimum Gasteiger partial charge on any atom is -0.356 e. The number of hydrogen-bond acceptors (Lipinski definition) is 2. The Bertz CT molecular complexity index is 469. The van der Waals surface area contributed by atoms with E-state index in [1.165, 1.54) is 12.2 Å². The van der Waals surface area contributed by atoms with Crippen molar-refractivity contribution in [2.45, 2.75) is 32.7 Å². The predicted molar refractivity (Wildman–Crippen MR) is 107 cm³/mol. The topological polar surface area (TPSA) is 36.4 Å². The van der Waals surface area contributed by atoms with Gasteiger partial charge in [0.15, 0.2) is 5.96 Å². The van der Waals surface area contributed by atoms with Gasteiger partial charge in [-0.3, -0.25) is 4.99 Å². The van der Waals surface area contributed by atoms with Crippen LogP contribution in [0.4, 0.5) is 4.39 Å². The first kappa shape index (κ1) is 21.5. The van der Waals surface area contributed by atoms with E-state index in [2.05, 4.69) is 21.9 Å². The summed E-state index contributed by atoms with van der Waals surface area (Å²) in [6.45, 7) is 4.67. The van der Waals surface area contributed by atoms with E-state index < -0.39 is 0 Å². The Labute approximate surface area is 155 Å². The fourth-order valence-corrected chi connectivity index (χ4v) is 2.43. The lowest BCUT2D eigenvalue weighted by molar-refractivity contribution is 0.607. The highest BCUT2D eigenvalue weighted by atomic mass is 127. The van der Waals surface area contributed by atoms with E-state index in [-0.39, 0.29) is 35.8 Å². The third kappa shape index (κ3) is 7.67. The number of thioether (sulfide) groups is 1. The Morgan fingerprint density at radius 2 is 2.09 bits per heavy atom. The van der Waals surface area contributed by atoms with Crippen LogP contribution >= 0.6 is 35.7 Å². The fraction of sp³-hybridized carbons (Fsp3) is 0.562. The molecule has 0 aliphatic rings. The lowest BCUT2D eigenvalue weighted by Crippen LogP contribution is -2.39. The van der Waals surface area contributed by atoms with Crippen LogP contribution in [0.15, 0.2) is 23.2 Å². The molecule has 0 spiro atoms. The van der Waals surface area contributed by atoms with Gasteiger partial charge < -0.3 is 10.6 Å². The second-order valence-electron chi connectivity index (χ2n) is 5.07. The Morgan fingerprint density at radius 1 is 1.36 bits per heavy atom. The van der Waals surface area contributed by atoms with Gasteiger partial charge in [-0.05, 0) is 55.9 Å². The van der Waals surface area contributed by atoms with Crippen LogP contribution in [0.25, 0.3) is 0 Å². The predicted octanol–water partition coefficient (Wildman–Crippen LogP) is 4.12. The molecule has 22 heavy (non-hydrogen) atoms. The second kappa shape index (κ2) is 12.0. The number of halogens is 2. The molecule has 6 heteroatoms. The molecule has 3 nitrogen and oxygen atoms in total. The molecule has 0 heterocycles. The summed E-state index contributed by atoms with van der Waals surface area (Å²) in [5.74, 6) is 1.78. The average molecular weight is 439 g/mol. The molecule has 0 fully saturated rings. The number of aryl methyl sites for hydroxylation is 1. The van der Waals surface area contributed by atoms with E-state index in [1.807, 2.05) is 24.8 Å². The van der Waals surface area contributed by atoms with Crippen molar-refractivity contribution in [2.24, 2.45) is 4.99 Å². The van der Waals surface area contributed by atoms with Gasteiger partial charge in [0.1, 0.15) is 5.82 Å². The molecule has 126 valence electrons. The van der Waals surface area contributed by atoms with E-state index in [0.717, 1.165) is 24.5 Å². The minimum absolute atomic E-state index is 0. The summed E-state index contributed by atoms with van der Waals surface area (Å²) >= 11 is 1.87. The van der Waals surface area contributed by atoms with E-state index in [4.69, 9.17) is 0 Å². The van der Waals surface area contributed by atoms with Crippen molar-refractivity contribution in [1.82, 2.24) is 10.6 Å². The van der Waals surface area contributed by atoms with Gasteiger partial charge in [0.05, 0.1) is 6.04 Å². The first-order valence-corrected chi connectivity index (χ1v) is 8.70. The Balaban J connectivity index is 0.00000441. The summed E-state index contributed by atoms with van der Waals surface area (Å²) in [6, 6.07) is 5.35. The molecule has 0 aliphatic heterocycles. The van der Waals surface area contributed by atoms with Gasteiger partial charge in [-0.1, -0.05) is 12.1 Å². The van der Waals surface area contributed by atoms with Crippen LogP contribution in [0, 0.1) is 12.7 Å². The summed E-state index contributed by atoms with van der Waals surface area (Å²) in [6.07, 6.45) is 4.44. The van der Waals surface area contributed by atoms with Crippen molar-refractivity contribution < 1.29 is 4.39 Å². The van der Waals surface area contributed by atoms with E-state index in [9.17, 15) is 4.39 Å². The molecule has 0 radical (unpaired) electrons. The number of nitrogens with zero attached hydrogens (tertiary/aromatic N) is 1. The van der Waals surface area contributed by atoms with Crippen molar-refractivity contribution in [2.75, 3.05) is 25.6 Å². The van der Waals surface area contributed by atoms with Crippen molar-refractivity contribution in [3.05, 3.63) is 35.1 Å². The zero-order valence-electron chi connectivity index (χ0n) is 13.8. The molecule has 1 atom stereocenters. The molecule has 2 N–H and O–H groups in total. The normalized spacial score (nSPS) is 12.5. The molecular weight excluding hydrogens is 412 g/mol. The van der Waals surface area contributed by atoms with E-state index in [1.54, 1.807) is 26.1 Å². The van der Waals surface area contributed by atoms with Crippen molar-refractivity contribution in [1.29, 1.82) is 0 Å². The van der Waals surface area contributed by atoms with Crippen molar-refractivity contribution >= 4 is 41.7 Å². The van der Waals surface area contributed by atoms with Gasteiger partial charge in [-0.25, -0.2) is 4.39 Å². The Kier molecular flexibility index (Phi) is 11.7. The second-order valence-corrected chi connectivity index (χ2v) is 6.06. The van der Waals surface area contributed by atoms with Gasteiger partial charge in [0, 0.05) is 13.6 Å². The minimum atomic E-state index is -0.166. The number of hydrogen-bond donors (Lipinski definition) is 2. The van der Waals surface area contributed by atoms with Crippen LogP contribution in [0.1, 0.15) is 36.9 Å². The fourth-order valence-electron chi connectivity index (χ4n) is 1.94. The SMILES string of the molecule is CN=C(NCCCCSC)NC(C)c1ccc(C)c(F)c1.I. The van der Waals surface area contributed by atoms with Crippen LogP contribution in [0.3, 0.4) is 0 Å². The molecule has 0 aromatic heterocycles. The lowest BCUT2D eigenvalue weighted by Gasteiger charge is -2.18. The highest BCUT2D eigenvalue weighted by Gasteiger charge is 2.09. The number of nitrogens with one attached hydrogen (secondary N) is 2. The van der Waals surface area contributed by atoms with E-state index >= 15 is 0 Å². The number of rotatable bonds is 7. The first-order chi connectivity index (χ1) is 10.1. The summed E-state index contributed by atoms with van der Waals surface area (Å²) < 4.78 is 13.6. The third-order valence-corrected chi connectivity index (χ3v) is 4.04. The summed E-state index contributed by atoms with van der Waals surface area (Å²) in [7, 11) is 1.75. The van der Waals surface area contributed by atoms with Gasteiger partial charge in [-0.15, -0.1) is 24.0 Å². The molecule has 0 saturated heterocycles. The number of aliphatic imine (C=N–C) groups is 1. The van der Waals surface area contributed by atoms with Crippen molar-refractivity contribution in [3.63, 3.8) is 0 Å². The zero-order valence-corrected chi connectivity index (χ0v) is 16.9. The van der Waals surface area contributed by atoms with Gasteiger partial charge in [0.25, 0.3) is 0 Å². The lowest BCUT2D eigenvalue weighted by atomic mass is 10.1. The maximum absolute atomic E-state index is 13.6. The van der Waals surface area contributed by atoms with Crippen molar-refractivity contribution in [3.8, 4) is 0 Å². The molecule has 0 saturated carbocycles. The smallest absolute Gasteiger partial charge is 0.191 e. The highest BCUT2D eigenvalue weighted by Crippen LogP contribution is 2.16. The largest absolute Gasteiger partial charge is 0.356 e. The summed E-state index contributed by atoms with van der Waals surface area (Å²) in [4.78, 5) is 4.21. The molecule has 0 aliphatic carbocycles. The Hall–Kier alpha value is -0.500. The average Bonchev–Trinajstić information content (AvgIpc) is 2.48. The molecular formula is C16H27FIN3S. The zero-order chi connectivity index (χ0) is 15.7. The first-order valence-electron chi connectivity index (χ1n) is 7.30. The molecule has 0 amide bonds. The molecule has 1 aromatic carbocycles. The maximum atomic E-state index is 13.6. The van der Waals surface area contributed by atoms with Crippen LogP contribution < -0.4 is 10.6 Å². The number of unbranched alkanes of at least 4 members (excludes halogenated alkanes) is 1. The van der Waals surface area contributed by atoms with Gasteiger partial charge in [0.2, 0.25) is 0 Å². The standard InChI is InChI=1S/C16H26FN3S.HI/c1-12-7-8-14(11-15(12)17)13(2)20-16(18-3)19-9-5-6-10-21-4;/h7-8,11,13H,5-6,9-10H2,1-4H3,(H2,18,19,20);1H. The van der Waals surface area contributed by atoms with E-state index in [0.29, 0.717) is 5.56 Å². The van der Waals surface area contributed by atoms with Gasteiger partial charge in [-0.2, -0.15) is 11.8 Å². The van der Waals surface area contributed by atoms with Crippen LogP contribution in [-0.4, -0.2) is 31.6 Å². The molecule has 1 unspecified atom stereocenters. The maximum Gasteiger partial charge on any atom is 0.191 e. The number of benzene rings is 1. The monoisotopic (exact) mass is 439 g/mol.